The van der Waals surface area contributed by atoms with Gasteiger partial charge in [0.05, 0.1) is 46.9 Å². The van der Waals surface area contributed by atoms with Crippen LogP contribution in [-0.2, 0) is 19.2 Å². The number of aromatic amines is 2. The number of para-hydroxylation sites is 4. The quantitative estimate of drug-likeness (QED) is 0.0558. The summed E-state index contributed by atoms with van der Waals surface area (Å²) in [6.45, 7) is 6.47. The van der Waals surface area contributed by atoms with Crippen molar-refractivity contribution in [3.63, 3.8) is 0 Å². The third-order valence-corrected chi connectivity index (χ3v) is 12.2. The molecule has 0 unspecified atom stereocenters. The molecule has 16 nitrogen and oxygen atoms in total. The number of nitrogens with two attached hydrogens (primary N) is 4. The van der Waals surface area contributed by atoms with Crippen molar-refractivity contribution in [2.75, 3.05) is 21.3 Å². The number of aromatic nitrogens is 4. The number of carbonyl (C=O) groups excluding carboxylic acids is 4. The van der Waals surface area contributed by atoms with Gasteiger partial charge in [-0.2, -0.15) is 0 Å². The lowest BCUT2D eigenvalue weighted by molar-refractivity contribution is -0.117. The maximum absolute atomic E-state index is 13.3. The number of nitrogens with zero attached hydrogens (tertiary/aromatic N) is 2. The second-order valence-electron chi connectivity index (χ2n) is 17.8. The van der Waals surface area contributed by atoms with Gasteiger partial charge in [0.15, 0.2) is 0 Å². The van der Waals surface area contributed by atoms with Gasteiger partial charge in [0, 0.05) is 89.3 Å². The van der Waals surface area contributed by atoms with Crippen LogP contribution in [0.15, 0.2) is 121 Å². The molecule has 4 aromatic carbocycles. The molecule has 72 heavy (non-hydrogen) atoms. The Balaban J connectivity index is 1.47. The van der Waals surface area contributed by atoms with Crippen LogP contribution in [-0.4, -0.2) is 67.7 Å². The first-order valence-corrected chi connectivity index (χ1v) is 23.5. The molecule has 7 aromatic rings. The summed E-state index contributed by atoms with van der Waals surface area (Å²) in [4.78, 5) is 71.3. The van der Waals surface area contributed by atoms with Crippen LogP contribution in [0.4, 0.5) is 22.7 Å². The Bertz CT molecular complexity index is 3090. The summed E-state index contributed by atoms with van der Waals surface area (Å²) >= 11 is 0. The Labute approximate surface area is 415 Å². The third kappa shape index (κ3) is 9.70. The number of carbonyl (C=O) groups is 4. The molecular weight excluding hydrogens is 905 g/mol. The van der Waals surface area contributed by atoms with E-state index in [1.807, 2.05) is 146 Å². The minimum Gasteiger partial charge on any atom is -0.354 e. The summed E-state index contributed by atoms with van der Waals surface area (Å²) in [7, 11) is 0. The van der Waals surface area contributed by atoms with E-state index in [4.69, 9.17) is 32.9 Å². The van der Waals surface area contributed by atoms with Crippen molar-refractivity contribution >= 4 is 92.7 Å². The van der Waals surface area contributed by atoms with E-state index in [1.165, 1.54) is 0 Å². The molecule has 0 saturated carbocycles. The molecule has 14 N–H and O–H groups in total. The fourth-order valence-corrected chi connectivity index (χ4v) is 8.57. The van der Waals surface area contributed by atoms with Crippen LogP contribution < -0.4 is 44.2 Å². The predicted molar refractivity (Wildman–Crippen MR) is 290 cm³/mol. The van der Waals surface area contributed by atoms with Gasteiger partial charge in [0.1, 0.15) is 0 Å². The molecule has 0 radical (unpaired) electrons. The lowest BCUT2D eigenvalue weighted by Gasteiger charge is -2.15. The number of H-pyrrole nitrogens is 2. The van der Waals surface area contributed by atoms with E-state index >= 15 is 0 Å². The van der Waals surface area contributed by atoms with Crippen molar-refractivity contribution in [1.82, 2.24) is 19.9 Å². The van der Waals surface area contributed by atoms with E-state index in [0.717, 1.165) is 0 Å². The van der Waals surface area contributed by atoms with E-state index in [9.17, 15) is 19.2 Å². The summed E-state index contributed by atoms with van der Waals surface area (Å²) in [6.07, 6.45) is 7.62. The first-order valence-electron chi connectivity index (χ1n) is 23.5. The average molecular weight is 959 g/mol. The first-order chi connectivity index (χ1) is 34.7. The van der Waals surface area contributed by atoms with Crippen LogP contribution in [0.25, 0.3) is 90.9 Å². The fourth-order valence-electron chi connectivity index (χ4n) is 8.57. The van der Waals surface area contributed by atoms with Crippen molar-refractivity contribution in [2.24, 2.45) is 22.9 Å². The highest BCUT2D eigenvalue weighted by Gasteiger charge is 2.24. The van der Waals surface area contributed by atoms with Gasteiger partial charge in [-0.15, -0.1) is 0 Å². The molecule has 0 fully saturated rings. The van der Waals surface area contributed by atoms with Crippen LogP contribution in [0.1, 0.15) is 50.5 Å². The molecule has 16 heteroatoms. The van der Waals surface area contributed by atoms with Gasteiger partial charge in [-0.1, -0.05) is 72.8 Å². The van der Waals surface area contributed by atoms with Gasteiger partial charge in [0.25, 0.3) is 0 Å². The normalized spacial score (nSPS) is 13.4. The monoisotopic (exact) mass is 958 g/mol. The summed E-state index contributed by atoms with van der Waals surface area (Å²) in [5.74, 6) is -1.51. The largest absolute Gasteiger partial charge is 0.354 e. The average Bonchev–Trinajstić information content (AvgIpc) is 4.22. The zero-order valence-electron chi connectivity index (χ0n) is 40.0. The second kappa shape index (κ2) is 20.3. The van der Waals surface area contributed by atoms with Crippen LogP contribution >= 0.6 is 0 Å². The SMILES string of the molecule is C[C@H](N)C(=O)Nc1ccccc1-c1c2nc(c(-c3ccccc3NC(=O)[C@H](C)N)c3ccc([nH]3)c(-c3ccccc3NC(=O)[C@H](C)N)c3nc(c(-c4ccccc4NC(=O)[C@H](C)N)c4ccc1[nH]4)C=C3)C=C2. The van der Waals surface area contributed by atoms with Crippen molar-refractivity contribution in [1.29, 1.82) is 0 Å². The highest BCUT2D eigenvalue weighted by atomic mass is 16.2. The van der Waals surface area contributed by atoms with E-state index in [1.54, 1.807) is 27.7 Å². The maximum atomic E-state index is 13.3. The van der Waals surface area contributed by atoms with Crippen molar-refractivity contribution in [3.05, 3.63) is 144 Å². The van der Waals surface area contributed by atoms with E-state index < -0.39 is 24.2 Å². The molecule has 2 aliphatic heterocycles. The smallest absolute Gasteiger partial charge is 0.241 e. The highest BCUT2D eigenvalue weighted by Crippen LogP contribution is 2.43. The van der Waals surface area contributed by atoms with Gasteiger partial charge >= 0.3 is 0 Å². The van der Waals surface area contributed by atoms with Gasteiger partial charge in [-0.05, 0) is 101 Å². The number of fused-ring (bicyclic) bond motifs is 8. The number of hydrogen-bond acceptors (Lipinski definition) is 10. The summed E-state index contributed by atoms with van der Waals surface area (Å²) < 4.78 is 0. The molecule has 0 spiro atoms. The summed E-state index contributed by atoms with van der Waals surface area (Å²) in [6, 6.07) is 34.2. The predicted octanol–water partition coefficient (Wildman–Crippen LogP) is 8.47. The molecule has 4 amide bonds. The third-order valence-electron chi connectivity index (χ3n) is 12.2. The molecule has 9 rings (SSSR count). The molecular formula is C56H54N12O4. The summed E-state index contributed by atoms with van der Waals surface area (Å²) in [5, 5.41) is 12.1. The van der Waals surface area contributed by atoms with Crippen molar-refractivity contribution in [2.45, 2.75) is 51.9 Å². The lowest BCUT2D eigenvalue weighted by atomic mass is 10.0. The Morgan fingerprint density at radius 1 is 0.361 bits per heavy atom. The number of rotatable bonds is 12. The second-order valence-corrected chi connectivity index (χ2v) is 17.8. The van der Waals surface area contributed by atoms with E-state index in [-0.39, 0.29) is 23.6 Å². The number of nitrogens with one attached hydrogen (secondary N) is 6. The molecule has 8 bridgehead atoms. The number of benzene rings is 4. The molecule has 3 aromatic heterocycles. The van der Waals surface area contributed by atoms with Crippen LogP contribution in [0.5, 0.6) is 0 Å². The highest BCUT2D eigenvalue weighted by molar-refractivity contribution is 6.08. The molecule has 5 heterocycles. The standard InChI is InChI=1S/C56H54N12O4/c1-29(57)53(69)65-37-17-9-5-13-33(37)49-41-21-23-43(61-41)50(34-14-6-10-18-38(34)66-54(70)30(2)58)45-25-27-47(63-45)52(36-16-8-12-20-40(36)68-56(72)32(4)60)48-28-26-46(64-48)51(44-24-22-42(49)62-44)35-15-7-11-19-39(35)67-55(71)31(3)59/h5-32,61,64H,57-60H2,1-4H3,(H,65,69)(H,66,70)(H,67,71)(H,68,72)/t29-,30-,31-,32-/m0/s1. The molecule has 2 aliphatic rings. The van der Waals surface area contributed by atoms with Crippen LogP contribution in [0, 0.1) is 0 Å². The molecule has 362 valence electrons. The van der Waals surface area contributed by atoms with Gasteiger partial charge < -0.3 is 54.2 Å². The minimum atomic E-state index is -0.798. The number of hydrogen-bond donors (Lipinski definition) is 10. The van der Waals surface area contributed by atoms with Crippen molar-refractivity contribution in [3.8, 4) is 44.5 Å². The maximum Gasteiger partial charge on any atom is 0.241 e. The first kappa shape index (κ1) is 48.2. The minimum absolute atomic E-state index is 0.377. The van der Waals surface area contributed by atoms with Gasteiger partial charge in [-0.25, -0.2) is 9.97 Å². The summed E-state index contributed by atoms with van der Waals surface area (Å²) in [5.41, 5.74) is 36.2. The van der Waals surface area contributed by atoms with Crippen molar-refractivity contribution < 1.29 is 19.2 Å². The molecule has 4 atom stereocenters. The zero-order valence-corrected chi connectivity index (χ0v) is 40.0. The van der Waals surface area contributed by atoms with Crippen LogP contribution in [0.2, 0.25) is 0 Å². The molecule has 0 saturated heterocycles. The Hall–Kier alpha value is -8.80. The number of amides is 4. The van der Waals surface area contributed by atoms with Gasteiger partial charge in [-0.3, -0.25) is 19.2 Å². The Morgan fingerprint density at radius 2 is 0.569 bits per heavy atom. The molecule has 0 aliphatic carbocycles. The van der Waals surface area contributed by atoms with Gasteiger partial charge in [0.2, 0.25) is 23.6 Å². The van der Waals surface area contributed by atoms with E-state index in [2.05, 4.69) is 31.2 Å². The Morgan fingerprint density at radius 3 is 0.778 bits per heavy atom. The lowest BCUT2D eigenvalue weighted by Crippen LogP contribution is -2.32. The zero-order chi connectivity index (χ0) is 50.8. The fraction of sp³-hybridized carbons (Fsp3) is 0.143. The topological polar surface area (TPSA) is 278 Å². The number of anilines is 4. The van der Waals surface area contributed by atoms with Crippen LogP contribution in [0.3, 0.4) is 0 Å². The van der Waals surface area contributed by atoms with E-state index in [0.29, 0.717) is 112 Å². The Kier molecular flexibility index (Phi) is 13.6.